The van der Waals surface area contributed by atoms with E-state index in [1.54, 1.807) is 17.2 Å². The van der Waals surface area contributed by atoms with Crippen molar-refractivity contribution in [1.29, 1.82) is 0 Å². The van der Waals surface area contributed by atoms with Crippen LogP contribution in [-0.2, 0) is 13.0 Å². The fourth-order valence-electron chi connectivity index (χ4n) is 2.70. The second kappa shape index (κ2) is 6.96. The van der Waals surface area contributed by atoms with Crippen molar-refractivity contribution in [3.63, 3.8) is 0 Å². The first-order valence-corrected chi connectivity index (χ1v) is 8.09. The van der Waals surface area contributed by atoms with Gasteiger partial charge in [-0.3, -0.25) is 14.5 Å². The molecule has 2 aromatic heterocycles. The van der Waals surface area contributed by atoms with E-state index < -0.39 is 0 Å². The number of nitrogens with zero attached hydrogens (tertiary/aromatic N) is 4. The number of Topliss-reactive ketones (excluding diaryl/α,β-unsaturated/α-hetero) is 1. The molecule has 1 amide bonds. The van der Waals surface area contributed by atoms with Crippen molar-refractivity contribution in [1.82, 2.24) is 24.9 Å². The second-order valence-electron chi connectivity index (χ2n) is 5.88. The molecule has 2 aromatic rings. The number of aromatic nitrogens is 3. The van der Waals surface area contributed by atoms with E-state index >= 15 is 0 Å². The third-order valence-electron chi connectivity index (χ3n) is 4.16. The lowest BCUT2D eigenvalue weighted by molar-refractivity contribution is 0.0619. The smallest absolute Gasteiger partial charge is 0.270 e. The third-order valence-corrected chi connectivity index (χ3v) is 4.16. The van der Waals surface area contributed by atoms with Crippen LogP contribution in [0.2, 0.25) is 0 Å². The molecule has 3 rings (SSSR count). The maximum Gasteiger partial charge on any atom is 0.270 e. The summed E-state index contributed by atoms with van der Waals surface area (Å²) in [6, 6.07) is 1.61. The Morgan fingerprint density at radius 1 is 1.29 bits per heavy atom. The summed E-state index contributed by atoms with van der Waals surface area (Å²) >= 11 is 0. The van der Waals surface area contributed by atoms with Gasteiger partial charge in [0.25, 0.3) is 5.91 Å². The van der Waals surface area contributed by atoms with Gasteiger partial charge in [0.1, 0.15) is 5.69 Å². The predicted molar refractivity (Wildman–Crippen MR) is 85.7 cm³/mol. The Kier molecular flexibility index (Phi) is 4.75. The molecule has 1 aliphatic rings. The number of H-pyrrole nitrogens is 1. The van der Waals surface area contributed by atoms with Gasteiger partial charge < -0.3 is 14.4 Å². The molecule has 0 atom stereocenters. The molecule has 0 bridgehead atoms. The minimum Gasteiger partial charge on any atom is -0.356 e. The molecule has 0 aliphatic carbocycles. The molecule has 0 spiro atoms. The number of piperazine rings is 1. The molecular formula is C16H21N5O3. The summed E-state index contributed by atoms with van der Waals surface area (Å²) < 4.78 is 5.11. The Morgan fingerprint density at radius 2 is 2.04 bits per heavy atom. The van der Waals surface area contributed by atoms with Crippen LogP contribution in [0, 0.1) is 0 Å². The summed E-state index contributed by atoms with van der Waals surface area (Å²) in [6.45, 7) is 6.85. The minimum atomic E-state index is -0.0741. The standard InChI is InChI=1S/C16H21N5O3/c1-3-15-18-14(19-24-15)10-20-4-6-21(7-5-20)16(23)13-8-12(9-17-13)11(2)22/h8-9,17H,3-7,10H2,1-2H3. The van der Waals surface area contributed by atoms with E-state index in [4.69, 9.17) is 4.52 Å². The second-order valence-corrected chi connectivity index (χ2v) is 5.88. The van der Waals surface area contributed by atoms with Crippen molar-refractivity contribution in [2.45, 2.75) is 26.8 Å². The number of hydrogen-bond acceptors (Lipinski definition) is 6. The van der Waals surface area contributed by atoms with E-state index in [2.05, 4.69) is 20.0 Å². The molecule has 0 saturated carbocycles. The van der Waals surface area contributed by atoms with E-state index in [1.807, 2.05) is 6.92 Å². The van der Waals surface area contributed by atoms with Gasteiger partial charge in [-0.15, -0.1) is 0 Å². The molecule has 1 saturated heterocycles. The zero-order valence-electron chi connectivity index (χ0n) is 13.9. The van der Waals surface area contributed by atoms with Crippen molar-refractivity contribution < 1.29 is 14.1 Å². The number of hydrogen-bond donors (Lipinski definition) is 1. The highest BCUT2D eigenvalue weighted by molar-refractivity contribution is 5.99. The van der Waals surface area contributed by atoms with Crippen LogP contribution in [0.4, 0.5) is 0 Å². The van der Waals surface area contributed by atoms with Crippen molar-refractivity contribution in [3.8, 4) is 0 Å². The number of aryl methyl sites for hydroxylation is 1. The number of ketones is 1. The molecule has 1 N–H and O–H groups in total. The van der Waals surface area contributed by atoms with Crippen molar-refractivity contribution in [2.75, 3.05) is 26.2 Å². The largest absolute Gasteiger partial charge is 0.356 e. The Bertz CT molecular complexity index is 728. The Labute approximate surface area is 139 Å². The highest BCUT2D eigenvalue weighted by Crippen LogP contribution is 2.12. The summed E-state index contributed by atoms with van der Waals surface area (Å²) in [5.74, 6) is 1.20. The lowest BCUT2D eigenvalue weighted by atomic mass is 10.2. The molecule has 0 radical (unpaired) electrons. The fraction of sp³-hybridized carbons (Fsp3) is 0.500. The van der Waals surface area contributed by atoms with Crippen LogP contribution in [0.25, 0.3) is 0 Å². The van der Waals surface area contributed by atoms with Gasteiger partial charge in [-0.2, -0.15) is 4.98 Å². The van der Waals surface area contributed by atoms with Gasteiger partial charge in [0, 0.05) is 44.4 Å². The highest BCUT2D eigenvalue weighted by Gasteiger charge is 2.24. The molecule has 3 heterocycles. The van der Waals surface area contributed by atoms with E-state index in [1.165, 1.54) is 6.92 Å². The SMILES string of the molecule is CCc1nc(CN2CCN(C(=O)c3cc(C(C)=O)c[nH]3)CC2)no1. The van der Waals surface area contributed by atoms with Crippen LogP contribution in [-0.4, -0.2) is 62.8 Å². The molecule has 128 valence electrons. The molecule has 8 heteroatoms. The van der Waals surface area contributed by atoms with Crippen LogP contribution < -0.4 is 0 Å². The highest BCUT2D eigenvalue weighted by atomic mass is 16.5. The average Bonchev–Trinajstić information content (AvgIpc) is 3.24. The first-order valence-electron chi connectivity index (χ1n) is 8.09. The Morgan fingerprint density at radius 3 is 2.62 bits per heavy atom. The van der Waals surface area contributed by atoms with Crippen LogP contribution in [0.5, 0.6) is 0 Å². The van der Waals surface area contributed by atoms with Crippen molar-refractivity contribution >= 4 is 11.7 Å². The van der Waals surface area contributed by atoms with Gasteiger partial charge in [0.15, 0.2) is 11.6 Å². The lowest BCUT2D eigenvalue weighted by Crippen LogP contribution is -2.48. The number of carbonyl (C=O) groups is 2. The van der Waals surface area contributed by atoms with E-state index in [9.17, 15) is 9.59 Å². The number of carbonyl (C=O) groups excluding carboxylic acids is 2. The number of rotatable bonds is 5. The maximum atomic E-state index is 12.5. The minimum absolute atomic E-state index is 0.0540. The molecular weight excluding hydrogens is 310 g/mol. The van der Waals surface area contributed by atoms with Crippen LogP contribution >= 0.6 is 0 Å². The Hall–Kier alpha value is -2.48. The van der Waals surface area contributed by atoms with Crippen LogP contribution in [0.3, 0.4) is 0 Å². The fourth-order valence-corrected chi connectivity index (χ4v) is 2.70. The van der Waals surface area contributed by atoms with Gasteiger partial charge in [-0.1, -0.05) is 12.1 Å². The van der Waals surface area contributed by atoms with Crippen molar-refractivity contribution in [2.24, 2.45) is 0 Å². The first kappa shape index (κ1) is 16.4. The van der Waals surface area contributed by atoms with Crippen LogP contribution in [0.1, 0.15) is 46.4 Å². The quantitative estimate of drug-likeness (QED) is 0.825. The molecule has 0 aromatic carbocycles. The normalized spacial score (nSPS) is 15.7. The predicted octanol–water partition coefficient (Wildman–Crippen LogP) is 1.12. The maximum absolute atomic E-state index is 12.5. The first-order chi connectivity index (χ1) is 11.6. The van der Waals surface area contributed by atoms with E-state index in [-0.39, 0.29) is 11.7 Å². The number of amides is 1. The molecule has 1 fully saturated rings. The summed E-state index contributed by atoms with van der Waals surface area (Å²) in [7, 11) is 0. The van der Waals surface area contributed by atoms with Crippen LogP contribution in [0.15, 0.2) is 16.8 Å². The summed E-state index contributed by atoms with van der Waals surface area (Å²) in [5, 5.41) is 3.96. The average molecular weight is 331 g/mol. The molecule has 1 aliphatic heterocycles. The molecule has 24 heavy (non-hydrogen) atoms. The summed E-state index contributed by atoms with van der Waals surface area (Å²) in [6.07, 6.45) is 2.31. The number of aromatic amines is 1. The summed E-state index contributed by atoms with van der Waals surface area (Å²) in [5.41, 5.74) is 0.986. The topological polar surface area (TPSA) is 95.3 Å². The monoisotopic (exact) mass is 331 g/mol. The Balaban J connectivity index is 1.54. The van der Waals surface area contributed by atoms with Gasteiger partial charge in [-0.05, 0) is 13.0 Å². The van der Waals surface area contributed by atoms with E-state index in [0.717, 1.165) is 19.5 Å². The van der Waals surface area contributed by atoms with Crippen molar-refractivity contribution in [3.05, 3.63) is 35.2 Å². The zero-order chi connectivity index (χ0) is 17.1. The third kappa shape index (κ3) is 3.53. The molecule has 0 unspecified atom stereocenters. The van der Waals surface area contributed by atoms with E-state index in [0.29, 0.717) is 42.6 Å². The van der Waals surface area contributed by atoms with Gasteiger partial charge in [-0.25, -0.2) is 0 Å². The van der Waals surface area contributed by atoms with Gasteiger partial charge >= 0.3 is 0 Å². The van der Waals surface area contributed by atoms with Gasteiger partial charge in [0.2, 0.25) is 5.89 Å². The zero-order valence-corrected chi connectivity index (χ0v) is 13.9. The number of nitrogens with one attached hydrogen (secondary N) is 1. The summed E-state index contributed by atoms with van der Waals surface area (Å²) in [4.78, 5) is 35.0. The van der Waals surface area contributed by atoms with Gasteiger partial charge in [0.05, 0.1) is 6.54 Å². The molecule has 8 nitrogen and oxygen atoms in total. The lowest BCUT2D eigenvalue weighted by Gasteiger charge is -2.33.